The molecule has 0 saturated carbocycles. The van der Waals surface area contributed by atoms with Gasteiger partial charge in [-0.05, 0) is 18.2 Å². The SMILES string of the molecule is Cn1cnnc1CN1CCN(c2cccc(C(F)(F)F)c2)CC1. The van der Waals surface area contributed by atoms with E-state index in [-0.39, 0.29) is 0 Å². The third-order valence-electron chi connectivity index (χ3n) is 4.08. The summed E-state index contributed by atoms with van der Waals surface area (Å²) in [4.78, 5) is 4.22. The van der Waals surface area contributed by atoms with Gasteiger partial charge in [-0.25, -0.2) is 0 Å². The van der Waals surface area contributed by atoms with Crippen LogP contribution in [0.15, 0.2) is 30.6 Å². The minimum Gasteiger partial charge on any atom is -0.369 e. The van der Waals surface area contributed by atoms with Crippen molar-refractivity contribution in [3.8, 4) is 0 Å². The summed E-state index contributed by atoms with van der Waals surface area (Å²) >= 11 is 0. The first-order chi connectivity index (χ1) is 10.9. The predicted molar refractivity (Wildman–Crippen MR) is 79.9 cm³/mol. The van der Waals surface area contributed by atoms with Crippen LogP contribution in [0.1, 0.15) is 11.4 Å². The van der Waals surface area contributed by atoms with Crippen LogP contribution in [-0.2, 0) is 19.8 Å². The Hall–Kier alpha value is -2.09. The van der Waals surface area contributed by atoms with Gasteiger partial charge in [-0.3, -0.25) is 4.90 Å². The zero-order chi connectivity index (χ0) is 16.4. The van der Waals surface area contributed by atoms with E-state index in [1.54, 1.807) is 12.4 Å². The number of aryl methyl sites for hydroxylation is 1. The second kappa shape index (κ2) is 6.19. The van der Waals surface area contributed by atoms with Gasteiger partial charge in [0, 0.05) is 38.9 Å². The summed E-state index contributed by atoms with van der Waals surface area (Å²) < 4.78 is 40.3. The van der Waals surface area contributed by atoms with Gasteiger partial charge in [0.1, 0.15) is 12.2 Å². The summed E-state index contributed by atoms with van der Waals surface area (Å²) in [5.41, 5.74) is 0.0228. The Morgan fingerprint density at radius 1 is 1.13 bits per heavy atom. The number of piperazine rings is 1. The minimum absolute atomic E-state index is 0.600. The quantitative estimate of drug-likeness (QED) is 0.867. The van der Waals surface area contributed by atoms with Crippen LogP contribution >= 0.6 is 0 Å². The second-order valence-electron chi connectivity index (χ2n) is 5.67. The number of nitrogens with zero attached hydrogens (tertiary/aromatic N) is 5. The van der Waals surface area contributed by atoms with Crippen molar-refractivity contribution in [2.24, 2.45) is 7.05 Å². The van der Waals surface area contributed by atoms with Crippen molar-refractivity contribution in [2.45, 2.75) is 12.7 Å². The van der Waals surface area contributed by atoms with E-state index in [0.29, 0.717) is 25.3 Å². The zero-order valence-electron chi connectivity index (χ0n) is 12.8. The maximum atomic E-state index is 12.8. The lowest BCUT2D eigenvalue weighted by atomic mass is 10.1. The first kappa shape index (κ1) is 15.8. The van der Waals surface area contributed by atoms with Crippen molar-refractivity contribution in [1.29, 1.82) is 0 Å². The number of hydrogen-bond donors (Lipinski definition) is 0. The van der Waals surface area contributed by atoms with Gasteiger partial charge in [-0.15, -0.1) is 10.2 Å². The first-order valence-corrected chi connectivity index (χ1v) is 7.41. The average Bonchev–Trinajstić information content (AvgIpc) is 2.92. The molecule has 1 aliphatic heterocycles. The lowest BCUT2D eigenvalue weighted by Gasteiger charge is -2.36. The summed E-state index contributed by atoms with van der Waals surface area (Å²) in [6.07, 6.45) is -2.64. The fraction of sp³-hybridized carbons (Fsp3) is 0.467. The van der Waals surface area contributed by atoms with Crippen LogP contribution in [0.5, 0.6) is 0 Å². The summed E-state index contributed by atoms with van der Waals surface area (Å²) in [6, 6.07) is 5.52. The third kappa shape index (κ3) is 3.64. The van der Waals surface area contributed by atoms with E-state index in [2.05, 4.69) is 15.1 Å². The normalized spacial score (nSPS) is 16.8. The van der Waals surface area contributed by atoms with Gasteiger partial charge in [-0.2, -0.15) is 13.2 Å². The lowest BCUT2D eigenvalue weighted by molar-refractivity contribution is -0.137. The van der Waals surface area contributed by atoms with Gasteiger partial charge in [0.15, 0.2) is 0 Å². The summed E-state index contributed by atoms with van der Waals surface area (Å²) in [6.45, 7) is 3.65. The zero-order valence-corrected chi connectivity index (χ0v) is 12.8. The Morgan fingerprint density at radius 3 is 2.48 bits per heavy atom. The lowest BCUT2D eigenvalue weighted by Crippen LogP contribution is -2.46. The van der Waals surface area contributed by atoms with Crippen LogP contribution in [0, 0.1) is 0 Å². The van der Waals surface area contributed by atoms with Crippen molar-refractivity contribution >= 4 is 5.69 Å². The van der Waals surface area contributed by atoms with Crippen LogP contribution in [0.4, 0.5) is 18.9 Å². The maximum absolute atomic E-state index is 12.8. The van der Waals surface area contributed by atoms with Crippen molar-refractivity contribution in [1.82, 2.24) is 19.7 Å². The van der Waals surface area contributed by atoms with E-state index < -0.39 is 11.7 Å². The molecule has 124 valence electrons. The molecule has 0 unspecified atom stereocenters. The molecule has 0 atom stereocenters. The molecule has 1 saturated heterocycles. The predicted octanol–water partition coefficient (Wildman–Crippen LogP) is 2.16. The highest BCUT2D eigenvalue weighted by atomic mass is 19.4. The van der Waals surface area contributed by atoms with E-state index >= 15 is 0 Å². The van der Waals surface area contributed by atoms with Crippen LogP contribution in [-0.4, -0.2) is 45.8 Å². The molecule has 2 aromatic rings. The van der Waals surface area contributed by atoms with Crippen molar-refractivity contribution in [3.05, 3.63) is 42.0 Å². The number of anilines is 1. The fourth-order valence-corrected chi connectivity index (χ4v) is 2.69. The molecule has 8 heteroatoms. The molecule has 0 radical (unpaired) electrons. The smallest absolute Gasteiger partial charge is 0.369 e. The average molecular weight is 325 g/mol. The highest BCUT2D eigenvalue weighted by molar-refractivity contribution is 5.49. The topological polar surface area (TPSA) is 37.2 Å². The highest BCUT2D eigenvalue weighted by Crippen LogP contribution is 2.31. The molecule has 0 spiro atoms. The molecular formula is C15H18F3N5. The Morgan fingerprint density at radius 2 is 1.87 bits per heavy atom. The van der Waals surface area contributed by atoms with Crippen LogP contribution in [0.25, 0.3) is 0 Å². The molecule has 23 heavy (non-hydrogen) atoms. The van der Waals surface area contributed by atoms with E-state index in [0.717, 1.165) is 25.0 Å². The molecule has 1 aliphatic rings. The number of rotatable bonds is 3. The van der Waals surface area contributed by atoms with Gasteiger partial charge in [0.2, 0.25) is 0 Å². The molecule has 1 fully saturated rings. The van der Waals surface area contributed by atoms with Gasteiger partial charge in [-0.1, -0.05) is 6.07 Å². The van der Waals surface area contributed by atoms with Crippen LogP contribution in [0.3, 0.4) is 0 Å². The molecule has 1 aromatic heterocycles. The first-order valence-electron chi connectivity index (χ1n) is 7.41. The molecule has 1 aromatic carbocycles. The molecule has 0 amide bonds. The molecule has 5 nitrogen and oxygen atoms in total. The highest BCUT2D eigenvalue weighted by Gasteiger charge is 2.31. The van der Waals surface area contributed by atoms with Crippen LogP contribution in [0.2, 0.25) is 0 Å². The van der Waals surface area contributed by atoms with Crippen LogP contribution < -0.4 is 4.90 Å². The molecule has 3 rings (SSSR count). The fourth-order valence-electron chi connectivity index (χ4n) is 2.69. The summed E-state index contributed by atoms with van der Waals surface area (Å²) in [5.74, 6) is 0.887. The van der Waals surface area contributed by atoms with E-state index in [1.165, 1.54) is 12.1 Å². The standard InChI is InChI=1S/C15H18F3N5/c1-21-11-19-20-14(21)10-22-5-7-23(8-6-22)13-4-2-3-12(9-13)15(16,17)18/h2-4,9,11H,5-8,10H2,1H3. The summed E-state index contributed by atoms with van der Waals surface area (Å²) in [7, 11) is 1.90. The molecule has 0 bridgehead atoms. The van der Waals surface area contributed by atoms with Crippen molar-refractivity contribution < 1.29 is 13.2 Å². The third-order valence-corrected chi connectivity index (χ3v) is 4.08. The molecule has 2 heterocycles. The van der Waals surface area contributed by atoms with Gasteiger partial charge in [0.25, 0.3) is 0 Å². The Kier molecular flexibility index (Phi) is 4.25. The number of halogens is 3. The summed E-state index contributed by atoms with van der Waals surface area (Å²) in [5, 5.41) is 7.91. The van der Waals surface area contributed by atoms with Gasteiger partial charge in [0.05, 0.1) is 12.1 Å². The van der Waals surface area contributed by atoms with Crippen molar-refractivity contribution in [3.63, 3.8) is 0 Å². The Balaban J connectivity index is 1.62. The number of benzene rings is 1. The molecular weight excluding hydrogens is 307 g/mol. The minimum atomic E-state index is -4.30. The largest absolute Gasteiger partial charge is 0.416 e. The molecule has 0 aliphatic carbocycles. The van der Waals surface area contributed by atoms with Gasteiger partial charge < -0.3 is 9.47 Å². The Bertz CT molecular complexity index is 659. The Labute approximate surface area is 132 Å². The maximum Gasteiger partial charge on any atom is 0.416 e. The van der Waals surface area contributed by atoms with E-state index in [1.807, 2.05) is 16.5 Å². The second-order valence-corrected chi connectivity index (χ2v) is 5.67. The van der Waals surface area contributed by atoms with E-state index in [4.69, 9.17) is 0 Å². The number of alkyl halides is 3. The number of hydrogen-bond acceptors (Lipinski definition) is 4. The van der Waals surface area contributed by atoms with Gasteiger partial charge >= 0.3 is 6.18 Å². The monoisotopic (exact) mass is 325 g/mol. The van der Waals surface area contributed by atoms with E-state index in [9.17, 15) is 13.2 Å². The molecule has 0 N–H and O–H groups in total. The van der Waals surface area contributed by atoms with Crippen molar-refractivity contribution in [2.75, 3.05) is 31.1 Å². The number of aromatic nitrogens is 3.